The standard InChI is InChI=1S/C21H35N5O2.HI/c1-17(2)15-26-11-12-28-19(16-26)13-24-21(22-3)25-14-20(27)23-10-9-18-7-5-4-6-8-18;/h4-8,17,19H,9-16H2,1-3H3,(H,23,27)(H2,22,24,25);1H. The Bertz CT molecular complexity index is 612. The van der Waals surface area contributed by atoms with Gasteiger partial charge in [-0.1, -0.05) is 44.2 Å². The van der Waals surface area contributed by atoms with Crippen molar-refractivity contribution in [2.75, 3.05) is 52.9 Å². The van der Waals surface area contributed by atoms with E-state index in [2.05, 4.69) is 51.8 Å². The Morgan fingerprint density at radius 3 is 2.69 bits per heavy atom. The molecule has 8 heteroatoms. The maximum Gasteiger partial charge on any atom is 0.239 e. The zero-order chi connectivity index (χ0) is 20.2. The highest BCUT2D eigenvalue weighted by molar-refractivity contribution is 14.0. The van der Waals surface area contributed by atoms with E-state index in [-0.39, 0.29) is 42.5 Å². The van der Waals surface area contributed by atoms with E-state index in [4.69, 9.17) is 4.74 Å². The first-order valence-electron chi connectivity index (χ1n) is 10.2. The van der Waals surface area contributed by atoms with Crippen molar-refractivity contribution in [3.8, 4) is 0 Å². The SMILES string of the molecule is CN=C(NCC(=O)NCCc1ccccc1)NCC1CN(CC(C)C)CCO1.I. The molecule has 0 aromatic heterocycles. The topological polar surface area (TPSA) is 78.0 Å². The third kappa shape index (κ3) is 10.8. The molecule has 1 aromatic carbocycles. The number of carbonyl (C=O) groups excluding carboxylic acids is 1. The third-order valence-corrected chi connectivity index (χ3v) is 4.56. The van der Waals surface area contributed by atoms with E-state index in [0.29, 0.717) is 25.0 Å². The van der Waals surface area contributed by atoms with Crippen LogP contribution in [0.2, 0.25) is 0 Å². The number of morpholine rings is 1. The van der Waals surface area contributed by atoms with Crippen molar-refractivity contribution in [1.82, 2.24) is 20.9 Å². The Morgan fingerprint density at radius 1 is 1.24 bits per heavy atom. The van der Waals surface area contributed by atoms with E-state index >= 15 is 0 Å². The summed E-state index contributed by atoms with van der Waals surface area (Å²) in [6.45, 7) is 9.72. The molecule has 0 radical (unpaired) electrons. The number of halogens is 1. The summed E-state index contributed by atoms with van der Waals surface area (Å²) in [5.41, 5.74) is 1.22. The quantitative estimate of drug-likeness (QED) is 0.263. The van der Waals surface area contributed by atoms with Gasteiger partial charge in [-0.3, -0.25) is 14.7 Å². The van der Waals surface area contributed by atoms with Crippen molar-refractivity contribution in [2.45, 2.75) is 26.4 Å². The van der Waals surface area contributed by atoms with Gasteiger partial charge in [-0.15, -0.1) is 24.0 Å². The lowest BCUT2D eigenvalue weighted by Gasteiger charge is -2.34. The van der Waals surface area contributed by atoms with Crippen LogP contribution in [0.25, 0.3) is 0 Å². The predicted molar refractivity (Wildman–Crippen MR) is 129 cm³/mol. The fourth-order valence-electron chi connectivity index (χ4n) is 3.23. The highest BCUT2D eigenvalue weighted by atomic mass is 127. The minimum absolute atomic E-state index is 0. The van der Waals surface area contributed by atoms with Gasteiger partial charge in [0.1, 0.15) is 0 Å². The number of guanidine groups is 1. The maximum absolute atomic E-state index is 12.0. The monoisotopic (exact) mass is 517 g/mol. The van der Waals surface area contributed by atoms with Gasteiger partial charge in [-0.05, 0) is 17.9 Å². The molecule has 1 fully saturated rings. The van der Waals surface area contributed by atoms with Crippen molar-refractivity contribution in [3.63, 3.8) is 0 Å². The minimum atomic E-state index is -0.0455. The molecule has 1 aliphatic rings. The fourth-order valence-corrected chi connectivity index (χ4v) is 3.23. The first-order valence-corrected chi connectivity index (χ1v) is 10.2. The highest BCUT2D eigenvalue weighted by Crippen LogP contribution is 2.07. The summed E-state index contributed by atoms with van der Waals surface area (Å²) in [5, 5.41) is 9.24. The van der Waals surface area contributed by atoms with Crippen LogP contribution in [0.5, 0.6) is 0 Å². The molecule has 7 nitrogen and oxygen atoms in total. The van der Waals surface area contributed by atoms with Crippen LogP contribution in [0.4, 0.5) is 0 Å². The normalized spacial score (nSPS) is 17.5. The first kappa shape index (κ1) is 25.6. The lowest BCUT2D eigenvalue weighted by Crippen LogP contribution is -2.51. The molecule has 2 rings (SSSR count). The van der Waals surface area contributed by atoms with Crippen LogP contribution in [0.1, 0.15) is 19.4 Å². The summed E-state index contributed by atoms with van der Waals surface area (Å²) in [6, 6.07) is 10.1. The van der Waals surface area contributed by atoms with Gasteiger partial charge in [0.25, 0.3) is 0 Å². The molecule has 1 heterocycles. The van der Waals surface area contributed by atoms with E-state index in [1.54, 1.807) is 7.05 Å². The third-order valence-electron chi connectivity index (χ3n) is 4.56. The average Bonchev–Trinajstić information content (AvgIpc) is 2.69. The number of carbonyl (C=O) groups is 1. The molecule has 164 valence electrons. The first-order chi connectivity index (χ1) is 13.6. The Kier molecular flexibility index (Phi) is 12.9. The fraction of sp³-hybridized carbons (Fsp3) is 0.619. The summed E-state index contributed by atoms with van der Waals surface area (Å²) in [5.74, 6) is 1.22. The molecule has 1 aliphatic heterocycles. The average molecular weight is 517 g/mol. The van der Waals surface area contributed by atoms with Crippen molar-refractivity contribution in [2.24, 2.45) is 10.9 Å². The van der Waals surface area contributed by atoms with Crippen LogP contribution in [0.15, 0.2) is 35.3 Å². The van der Waals surface area contributed by atoms with Gasteiger partial charge in [0, 0.05) is 39.8 Å². The zero-order valence-corrected chi connectivity index (χ0v) is 20.1. The smallest absolute Gasteiger partial charge is 0.239 e. The molecular formula is C21H36IN5O2. The second-order valence-corrected chi connectivity index (χ2v) is 7.54. The van der Waals surface area contributed by atoms with Crippen molar-refractivity contribution in [1.29, 1.82) is 0 Å². The second kappa shape index (κ2) is 14.6. The van der Waals surface area contributed by atoms with Gasteiger partial charge >= 0.3 is 0 Å². The van der Waals surface area contributed by atoms with Crippen LogP contribution in [-0.2, 0) is 16.0 Å². The Hall–Kier alpha value is -1.39. The summed E-state index contributed by atoms with van der Waals surface area (Å²) in [4.78, 5) is 18.6. The van der Waals surface area contributed by atoms with Crippen molar-refractivity contribution >= 4 is 35.8 Å². The largest absolute Gasteiger partial charge is 0.374 e. The Labute approximate surface area is 192 Å². The van der Waals surface area contributed by atoms with Gasteiger partial charge in [0.15, 0.2) is 5.96 Å². The number of aliphatic imine (C=N–C) groups is 1. The summed E-state index contributed by atoms with van der Waals surface area (Å²) >= 11 is 0. The molecule has 0 bridgehead atoms. The second-order valence-electron chi connectivity index (χ2n) is 7.54. The van der Waals surface area contributed by atoms with Crippen molar-refractivity contribution < 1.29 is 9.53 Å². The van der Waals surface area contributed by atoms with Gasteiger partial charge in [0.2, 0.25) is 5.91 Å². The van der Waals surface area contributed by atoms with Crippen LogP contribution in [0, 0.1) is 5.92 Å². The predicted octanol–water partition coefficient (Wildman–Crippen LogP) is 1.49. The van der Waals surface area contributed by atoms with E-state index in [1.807, 2.05) is 18.2 Å². The zero-order valence-electron chi connectivity index (χ0n) is 17.8. The minimum Gasteiger partial charge on any atom is -0.374 e. The van der Waals surface area contributed by atoms with Crippen LogP contribution >= 0.6 is 24.0 Å². The maximum atomic E-state index is 12.0. The summed E-state index contributed by atoms with van der Waals surface area (Å²) in [6.07, 6.45) is 0.955. The molecule has 0 aliphatic carbocycles. The number of hydrogen-bond donors (Lipinski definition) is 3. The van der Waals surface area contributed by atoms with Gasteiger partial charge in [-0.25, -0.2) is 0 Å². The van der Waals surface area contributed by atoms with Crippen LogP contribution < -0.4 is 16.0 Å². The molecule has 1 saturated heterocycles. The number of ether oxygens (including phenoxy) is 1. The number of benzene rings is 1. The number of amides is 1. The summed E-state index contributed by atoms with van der Waals surface area (Å²) < 4.78 is 5.84. The molecule has 3 N–H and O–H groups in total. The molecule has 1 amide bonds. The Morgan fingerprint density at radius 2 is 2.00 bits per heavy atom. The lowest BCUT2D eigenvalue weighted by atomic mass is 10.1. The molecule has 1 atom stereocenters. The number of nitrogens with zero attached hydrogens (tertiary/aromatic N) is 2. The lowest BCUT2D eigenvalue weighted by molar-refractivity contribution is -0.119. The molecule has 1 aromatic rings. The van der Waals surface area contributed by atoms with Crippen LogP contribution in [-0.4, -0.2) is 75.8 Å². The molecule has 0 spiro atoms. The molecule has 29 heavy (non-hydrogen) atoms. The van der Waals surface area contributed by atoms with E-state index in [0.717, 1.165) is 32.7 Å². The molecule has 0 saturated carbocycles. The highest BCUT2D eigenvalue weighted by Gasteiger charge is 2.21. The molecular weight excluding hydrogens is 481 g/mol. The van der Waals surface area contributed by atoms with Gasteiger partial charge in [-0.2, -0.15) is 0 Å². The number of hydrogen-bond acceptors (Lipinski definition) is 4. The van der Waals surface area contributed by atoms with Gasteiger partial charge in [0.05, 0.1) is 19.3 Å². The Balaban J connectivity index is 0.00000420. The van der Waals surface area contributed by atoms with Gasteiger partial charge < -0.3 is 20.7 Å². The number of rotatable bonds is 9. The van der Waals surface area contributed by atoms with Crippen molar-refractivity contribution in [3.05, 3.63) is 35.9 Å². The van der Waals surface area contributed by atoms with E-state index in [9.17, 15) is 4.79 Å². The van der Waals surface area contributed by atoms with E-state index < -0.39 is 0 Å². The van der Waals surface area contributed by atoms with Crippen LogP contribution in [0.3, 0.4) is 0 Å². The van der Waals surface area contributed by atoms with E-state index in [1.165, 1.54) is 5.56 Å². The summed E-state index contributed by atoms with van der Waals surface area (Å²) in [7, 11) is 1.70. The number of nitrogens with one attached hydrogen (secondary N) is 3. The molecule has 1 unspecified atom stereocenters.